The van der Waals surface area contributed by atoms with Gasteiger partial charge < -0.3 is 15.4 Å². The fourth-order valence-electron chi connectivity index (χ4n) is 2.95. The van der Waals surface area contributed by atoms with Gasteiger partial charge in [-0.3, -0.25) is 9.59 Å². The van der Waals surface area contributed by atoms with E-state index in [-0.39, 0.29) is 29.9 Å². The van der Waals surface area contributed by atoms with Crippen molar-refractivity contribution in [3.8, 4) is 11.8 Å². The number of amides is 2. The molecular weight excluding hydrogens is 454 g/mol. The van der Waals surface area contributed by atoms with E-state index in [0.717, 1.165) is 21.8 Å². The van der Waals surface area contributed by atoms with Gasteiger partial charge in [-0.2, -0.15) is 5.26 Å². The molecule has 0 bridgehead atoms. The molecule has 1 heterocycles. The molecule has 1 aliphatic rings. The first-order valence-electron chi connectivity index (χ1n) is 8.76. The van der Waals surface area contributed by atoms with E-state index in [2.05, 4.69) is 32.6 Å². The summed E-state index contributed by atoms with van der Waals surface area (Å²) in [5.41, 5.74) is 1.99. The first-order chi connectivity index (χ1) is 14.0. The summed E-state index contributed by atoms with van der Waals surface area (Å²) in [6, 6.07) is 16.8. The van der Waals surface area contributed by atoms with Gasteiger partial charge in [0, 0.05) is 22.5 Å². The number of rotatable bonds is 6. The number of allylic oxidation sites excluding steroid dienone is 1. The summed E-state index contributed by atoms with van der Waals surface area (Å²) >= 11 is 4.57. The summed E-state index contributed by atoms with van der Waals surface area (Å²) < 4.78 is 5.97. The molecular formula is C21H18BrN3O3S. The van der Waals surface area contributed by atoms with Gasteiger partial charge in [0.05, 0.1) is 29.5 Å². The molecule has 0 aromatic heterocycles. The summed E-state index contributed by atoms with van der Waals surface area (Å²) in [6.07, 6.45) is 0.196. The number of halogens is 1. The van der Waals surface area contributed by atoms with Crippen LogP contribution in [0.15, 0.2) is 63.6 Å². The predicted molar refractivity (Wildman–Crippen MR) is 116 cm³/mol. The summed E-state index contributed by atoms with van der Waals surface area (Å²) in [5.74, 6) is 0.0248. The van der Waals surface area contributed by atoms with Crippen LogP contribution >= 0.6 is 27.7 Å². The van der Waals surface area contributed by atoms with Crippen molar-refractivity contribution in [2.24, 2.45) is 0 Å². The second-order valence-electron chi connectivity index (χ2n) is 6.28. The van der Waals surface area contributed by atoms with Crippen molar-refractivity contribution >= 4 is 45.2 Å². The van der Waals surface area contributed by atoms with Crippen molar-refractivity contribution in [2.75, 3.05) is 18.2 Å². The maximum absolute atomic E-state index is 12.3. The lowest BCUT2D eigenvalue weighted by Gasteiger charge is -2.25. The molecule has 0 spiro atoms. The molecule has 3 rings (SSSR count). The van der Waals surface area contributed by atoms with Gasteiger partial charge >= 0.3 is 0 Å². The lowest BCUT2D eigenvalue weighted by molar-refractivity contribution is -0.121. The molecule has 29 heavy (non-hydrogen) atoms. The van der Waals surface area contributed by atoms with Crippen molar-refractivity contribution in [1.82, 2.24) is 5.32 Å². The molecule has 0 saturated carbocycles. The molecule has 2 amide bonds. The third-order valence-electron chi connectivity index (χ3n) is 4.33. The van der Waals surface area contributed by atoms with E-state index >= 15 is 0 Å². The highest BCUT2D eigenvalue weighted by atomic mass is 79.9. The van der Waals surface area contributed by atoms with Crippen LogP contribution in [0.5, 0.6) is 5.75 Å². The van der Waals surface area contributed by atoms with Crippen LogP contribution in [0.2, 0.25) is 0 Å². The zero-order valence-electron chi connectivity index (χ0n) is 15.6. The van der Waals surface area contributed by atoms with Gasteiger partial charge in [0.2, 0.25) is 11.8 Å². The number of methoxy groups -OCH3 is 1. The first kappa shape index (κ1) is 21.0. The lowest BCUT2D eigenvalue weighted by Crippen LogP contribution is -2.31. The topological polar surface area (TPSA) is 91.2 Å². The fraction of sp³-hybridized carbons (Fsp3) is 0.190. The Morgan fingerprint density at radius 2 is 2.10 bits per heavy atom. The molecule has 2 aromatic rings. The number of hydrogen-bond donors (Lipinski definition) is 2. The Balaban J connectivity index is 1.72. The monoisotopic (exact) mass is 471 g/mol. The minimum absolute atomic E-state index is 0.0675. The van der Waals surface area contributed by atoms with E-state index in [4.69, 9.17) is 4.74 Å². The van der Waals surface area contributed by atoms with Crippen LogP contribution in [0.25, 0.3) is 0 Å². The zero-order chi connectivity index (χ0) is 20.8. The average molecular weight is 472 g/mol. The van der Waals surface area contributed by atoms with Crippen LogP contribution in [0.4, 0.5) is 5.69 Å². The number of hydrogen-bond acceptors (Lipinski definition) is 5. The van der Waals surface area contributed by atoms with Gasteiger partial charge in [-0.1, -0.05) is 39.8 Å². The van der Waals surface area contributed by atoms with Crippen molar-refractivity contribution in [2.45, 2.75) is 12.3 Å². The third-order valence-corrected chi connectivity index (χ3v) is 5.84. The Morgan fingerprint density at radius 1 is 1.34 bits per heavy atom. The van der Waals surface area contributed by atoms with Gasteiger partial charge in [-0.15, -0.1) is 0 Å². The van der Waals surface area contributed by atoms with Crippen LogP contribution in [0.3, 0.4) is 0 Å². The molecule has 0 radical (unpaired) electrons. The van der Waals surface area contributed by atoms with E-state index in [0.29, 0.717) is 22.0 Å². The Hall–Kier alpha value is -2.76. The maximum atomic E-state index is 12.3. The van der Waals surface area contributed by atoms with Gasteiger partial charge in [0.1, 0.15) is 5.75 Å². The largest absolute Gasteiger partial charge is 0.497 e. The Kier molecular flexibility index (Phi) is 6.96. The zero-order valence-corrected chi connectivity index (χ0v) is 18.0. The van der Waals surface area contributed by atoms with Gasteiger partial charge in [0.25, 0.3) is 0 Å². The molecule has 0 saturated heterocycles. The Morgan fingerprint density at radius 3 is 2.76 bits per heavy atom. The average Bonchev–Trinajstić information content (AvgIpc) is 2.72. The summed E-state index contributed by atoms with van der Waals surface area (Å²) in [5, 5.41) is 15.7. The molecule has 0 aliphatic carbocycles. The highest BCUT2D eigenvalue weighted by Gasteiger charge is 2.30. The number of benzene rings is 2. The predicted octanol–water partition coefficient (Wildman–Crippen LogP) is 4.17. The van der Waals surface area contributed by atoms with E-state index in [1.54, 1.807) is 31.4 Å². The number of nitrogens with zero attached hydrogens (tertiary/aromatic N) is 1. The number of nitriles is 1. The van der Waals surface area contributed by atoms with Gasteiger partial charge in [0.15, 0.2) is 0 Å². The SMILES string of the molecule is COc1ccc(NC(=O)CSC2=C(C#N)[C@@H](c3cccc(Br)c3)CC(=O)N2)cc1. The van der Waals surface area contributed by atoms with E-state index in [1.165, 1.54) is 0 Å². The van der Waals surface area contributed by atoms with E-state index < -0.39 is 0 Å². The molecule has 2 aromatic carbocycles. The molecule has 0 unspecified atom stereocenters. The van der Waals surface area contributed by atoms with Crippen LogP contribution in [-0.4, -0.2) is 24.7 Å². The Labute approximate surface area is 181 Å². The fourth-order valence-corrected chi connectivity index (χ4v) is 4.24. The smallest absolute Gasteiger partial charge is 0.234 e. The number of thioether (sulfide) groups is 1. The molecule has 6 nitrogen and oxygen atoms in total. The highest BCUT2D eigenvalue weighted by molar-refractivity contribution is 9.10. The number of anilines is 1. The normalized spacial score (nSPS) is 16.0. The van der Waals surface area contributed by atoms with Gasteiger partial charge in [-0.25, -0.2) is 0 Å². The molecule has 0 fully saturated rings. The third kappa shape index (κ3) is 5.40. The maximum Gasteiger partial charge on any atom is 0.234 e. The van der Waals surface area contributed by atoms with Crippen molar-refractivity contribution in [1.29, 1.82) is 5.26 Å². The summed E-state index contributed by atoms with van der Waals surface area (Å²) in [7, 11) is 1.57. The molecule has 8 heteroatoms. The van der Waals surface area contributed by atoms with Crippen molar-refractivity contribution in [3.05, 3.63) is 69.2 Å². The molecule has 1 atom stereocenters. The minimum atomic E-state index is -0.335. The number of ether oxygens (including phenoxy) is 1. The summed E-state index contributed by atoms with van der Waals surface area (Å²) in [6.45, 7) is 0. The van der Waals surface area contributed by atoms with E-state index in [1.807, 2.05) is 24.3 Å². The van der Waals surface area contributed by atoms with Gasteiger partial charge in [-0.05, 0) is 42.0 Å². The standard InChI is InChI=1S/C21H18BrN3O3S/c1-28-16-7-5-15(6-8-16)24-20(27)12-29-21-18(11-23)17(10-19(26)25-21)13-3-2-4-14(22)9-13/h2-9,17H,10,12H2,1H3,(H,24,27)(H,25,26)/t17-/m1/s1. The van der Waals surface area contributed by atoms with Crippen LogP contribution in [-0.2, 0) is 9.59 Å². The first-order valence-corrected chi connectivity index (χ1v) is 10.5. The number of nitrogens with one attached hydrogen (secondary N) is 2. The molecule has 2 N–H and O–H groups in total. The van der Waals surface area contributed by atoms with E-state index in [9.17, 15) is 14.9 Å². The quantitative estimate of drug-likeness (QED) is 0.659. The molecule has 148 valence electrons. The number of carbonyl (C=O) groups excluding carboxylic acids is 2. The summed E-state index contributed by atoms with van der Waals surface area (Å²) in [4.78, 5) is 24.5. The second-order valence-corrected chi connectivity index (χ2v) is 8.18. The van der Waals surface area contributed by atoms with Crippen LogP contribution in [0, 0.1) is 11.3 Å². The lowest BCUT2D eigenvalue weighted by atomic mass is 9.87. The van der Waals surface area contributed by atoms with Crippen molar-refractivity contribution < 1.29 is 14.3 Å². The minimum Gasteiger partial charge on any atom is -0.497 e. The second kappa shape index (κ2) is 9.63. The Bertz CT molecular complexity index is 999. The van der Waals surface area contributed by atoms with Crippen LogP contribution in [0.1, 0.15) is 17.9 Å². The highest BCUT2D eigenvalue weighted by Crippen LogP contribution is 2.36. The van der Waals surface area contributed by atoms with Crippen molar-refractivity contribution in [3.63, 3.8) is 0 Å². The van der Waals surface area contributed by atoms with Crippen LogP contribution < -0.4 is 15.4 Å². The molecule has 1 aliphatic heterocycles. The number of carbonyl (C=O) groups is 2.